The third-order valence-corrected chi connectivity index (χ3v) is 7.08. The molecule has 0 aliphatic heterocycles. The summed E-state index contributed by atoms with van der Waals surface area (Å²) in [6.07, 6.45) is 8.78. The fourth-order valence-corrected chi connectivity index (χ4v) is 5.01. The molecule has 1 saturated carbocycles. The van der Waals surface area contributed by atoms with Gasteiger partial charge in [-0.25, -0.2) is 8.78 Å². The van der Waals surface area contributed by atoms with Gasteiger partial charge < -0.3 is 4.74 Å². The molecule has 174 valence electrons. The van der Waals surface area contributed by atoms with Crippen molar-refractivity contribution >= 4 is 0 Å². The van der Waals surface area contributed by atoms with E-state index >= 15 is 4.39 Å². The molecular formula is C30H34F2O. The van der Waals surface area contributed by atoms with Crippen LogP contribution in [0.5, 0.6) is 0 Å². The molecule has 0 aromatic heterocycles. The molecule has 1 aliphatic carbocycles. The maximum atomic E-state index is 15.0. The summed E-state index contributed by atoms with van der Waals surface area (Å²) in [5.74, 6) is -0.356. The summed E-state index contributed by atoms with van der Waals surface area (Å²) in [4.78, 5) is 0. The van der Waals surface area contributed by atoms with Crippen molar-refractivity contribution in [3.8, 4) is 22.3 Å². The summed E-state index contributed by atoms with van der Waals surface area (Å²) in [6, 6.07) is 18.8. The van der Waals surface area contributed by atoms with E-state index in [9.17, 15) is 4.39 Å². The van der Waals surface area contributed by atoms with Gasteiger partial charge in [-0.2, -0.15) is 0 Å². The predicted octanol–water partition coefficient (Wildman–Crippen LogP) is 8.70. The summed E-state index contributed by atoms with van der Waals surface area (Å²) >= 11 is 0. The molecule has 3 aromatic carbocycles. The van der Waals surface area contributed by atoms with Gasteiger partial charge >= 0.3 is 0 Å². The Labute approximate surface area is 196 Å². The second-order valence-corrected chi connectivity index (χ2v) is 9.29. The lowest BCUT2D eigenvalue weighted by molar-refractivity contribution is 0.0655. The van der Waals surface area contributed by atoms with E-state index in [2.05, 4.69) is 31.2 Å². The van der Waals surface area contributed by atoms with Crippen LogP contribution < -0.4 is 0 Å². The van der Waals surface area contributed by atoms with E-state index in [-0.39, 0.29) is 23.7 Å². The molecule has 0 unspecified atom stereocenters. The van der Waals surface area contributed by atoms with Crippen LogP contribution in [0.3, 0.4) is 0 Å². The fourth-order valence-electron chi connectivity index (χ4n) is 5.01. The second kappa shape index (κ2) is 11.1. The lowest BCUT2D eigenvalue weighted by Crippen LogP contribution is -2.19. The molecule has 0 radical (unpaired) electrons. The van der Waals surface area contributed by atoms with Gasteiger partial charge in [-0.05, 0) is 84.4 Å². The van der Waals surface area contributed by atoms with E-state index in [1.54, 1.807) is 19.2 Å². The van der Waals surface area contributed by atoms with Crippen LogP contribution in [0.1, 0.15) is 68.9 Å². The van der Waals surface area contributed by atoms with Crippen LogP contribution >= 0.6 is 0 Å². The zero-order valence-electron chi connectivity index (χ0n) is 19.7. The lowest BCUT2D eigenvalue weighted by atomic mass is 9.82. The van der Waals surface area contributed by atoms with Crippen molar-refractivity contribution in [1.29, 1.82) is 0 Å². The topological polar surface area (TPSA) is 9.23 Å². The average molecular weight is 449 g/mol. The van der Waals surface area contributed by atoms with Gasteiger partial charge in [-0.1, -0.05) is 68.3 Å². The normalized spacial score (nSPS) is 18.4. The fraction of sp³-hybridized carbons (Fsp3) is 0.400. The Morgan fingerprint density at radius 1 is 0.758 bits per heavy atom. The largest absolute Gasteiger partial charge is 0.381 e. The maximum Gasteiger partial charge on any atom is 0.131 e. The van der Waals surface area contributed by atoms with E-state index in [1.807, 2.05) is 18.2 Å². The maximum absolute atomic E-state index is 15.0. The van der Waals surface area contributed by atoms with E-state index in [0.717, 1.165) is 48.8 Å². The number of aryl methyl sites for hydroxylation is 1. The van der Waals surface area contributed by atoms with Gasteiger partial charge in [0.1, 0.15) is 11.6 Å². The first kappa shape index (κ1) is 23.6. The molecule has 33 heavy (non-hydrogen) atoms. The predicted molar refractivity (Wildman–Crippen MR) is 132 cm³/mol. The number of benzene rings is 3. The van der Waals surface area contributed by atoms with Crippen LogP contribution in [0.25, 0.3) is 22.3 Å². The minimum Gasteiger partial charge on any atom is -0.381 e. The molecule has 3 aromatic rings. The molecule has 0 spiro atoms. The van der Waals surface area contributed by atoms with Crippen LogP contribution in [-0.2, 0) is 11.2 Å². The smallest absolute Gasteiger partial charge is 0.131 e. The van der Waals surface area contributed by atoms with Gasteiger partial charge in [0.2, 0.25) is 0 Å². The molecule has 1 aliphatic rings. The molecule has 1 nitrogen and oxygen atoms in total. The number of methoxy groups -OCH3 is 1. The molecule has 0 N–H and O–H groups in total. The minimum absolute atomic E-state index is 0.211. The van der Waals surface area contributed by atoms with Gasteiger partial charge in [0.15, 0.2) is 0 Å². The van der Waals surface area contributed by atoms with Crippen LogP contribution in [0, 0.1) is 11.6 Å². The SMILES string of the molecule is CCCCCc1ccc(-c2ccc(-c3ccc(C4CCC(OC)CC4)c(F)c3)c(F)c2)cc1. The van der Waals surface area contributed by atoms with Crippen molar-refractivity contribution in [3.63, 3.8) is 0 Å². The van der Waals surface area contributed by atoms with Crippen molar-refractivity contribution in [3.05, 3.63) is 83.4 Å². The van der Waals surface area contributed by atoms with E-state index in [0.29, 0.717) is 11.1 Å². The van der Waals surface area contributed by atoms with Crippen molar-refractivity contribution < 1.29 is 13.5 Å². The molecule has 3 heteroatoms. The van der Waals surface area contributed by atoms with E-state index in [4.69, 9.17) is 4.74 Å². The van der Waals surface area contributed by atoms with Crippen molar-refractivity contribution in [2.45, 2.75) is 70.3 Å². The molecule has 1 fully saturated rings. The average Bonchev–Trinajstić information content (AvgIpc) is 2.85. The molecule has 0 heterocycles. The molecule has 0 atom stereocenters. The lowest BCUT2D eigenvalue weighted by Gasteiger charge is -2.28. The summed E-state index contributed by atoms with van der Waals surface area (Å²) in [6.45, 7) is 2.21. The number of rotatable bonds is 8. The first-order valence-corrected chi connectivity index (χ1v) is 12.3. The highest BCUT2D eigenvalue weighted by molar-refractivity contribution is 5.71. The molecule has 4 rings (SSSR count). The Hall–Kier alpha value is -2.52. The Kier molecular flexibility index (Phi) is 7.93. The van der Waals surface area contributed by atoms with E-state index < -0.39 is 0 Å². The Bertz CT molecular complexity index is 1050. The third-order valence-electron chi connectivity index (χ3n) is 7.08. The molecule has 0 amide bonds. The zero-order valence-corrected chi connectivity index (χ0v) is 19.7. The number of ether oxygens (including phenoxy) is 1. The zero-order chi connectivity index (χ0) is 23.2. The Balaban J connectivity index is 1.48. The highest BCUT2D eigenvalue weighted by Crippen LogP contribution is 2.37. The number of hydrogen-bond donors (Lipinski definition) is 0. The van der Waals surface area contributed by atoms with Crippen LogP contribution in [0.2, 0.25) is 0 Å². The highest BCUT2D eigenvalue weighted by atomic mass is 19.1. The van der Waals surface area contributed by atoms with Gasteiger partial charge in [0, 0.05) is 12.7 Å². The number of unbranched alkanes of at least 4 members (excludes halogenated alkanes) is 2. The first-order chi connectivity index (χ1) is 16.1. The monoisotopic (exact) mass is 448 g/mol. The number of hydrogen-bond acceptors (Lipinski definition) is 1. The highest BCUT2D eigenvalue weighted by Gasteiger charge is 2.24. The number of halogens is 2. The summed E-state index contributed by atoms with van der Waals surface area (Å²) in [7, 11) is 1.74. The van der Waals surface area contributed by atoms with Crippen LogP contribution in [0.15, 0.2) is 60.7 Å². The minimum atomic E-state index is -0.327. The van der Waals surface area contributed by atoms with Gasteiger partial charge in [-0.15, -0.1) is 0 Å². The van der Waals surface area contributed by atoms with Crippen molar-refractivity contribution in [2.75, 3.05) is 7.11 Å². The molecule has 0 bridgehead atoms. The summed E-state index contributed by atoms with van der Waals surface area (Å²) in [5, 5.41) is 0. The van der Waals surface area contributed by atoms with Gasteiger partial charge in [0.25, 0.3) is 0 Å². The summed E-state index contributed by atoms with van der Waals surface area (Å²) < 4.78 is 35.4. The molecule has 0 saturated heterocycles. The standard InChI is InChI=1S/C30H34F2O/c1-3-4-5-6-21-7-9-22(10-8-21)24-13-17-28(29(31)19-24)25-14-18-27(30(32)20-25)23-11-15-26(33-2)16-12-23/h7-10,13-14,17-20,23,26H,3-6,11-12,15-16H2,1-2H3. The summed E-state index contributed by atoms with van der Waals surface area (Å²) in [5.41, 5.74) is 4.90. The Morgan fingerprint density at radius 2 is 1.42 bits per heavy atom. The molecular weight excluding hydrogens is 414 g/mol. The quantitative estimate of drug-likeness (QED) is 0.313. The van der Waals surface area contributed by atoms with Crippen LogP contribution in [-0.4, -0.2) is 13.2 Å². The second-order valence-electron chi connectivity index (χ2n) is 9.29. The first-order valence-electron chi connectivity index (χ1n) is 12.3. The van der Waals surface area contributed by atoms with E-state index in [1.165, 1.54) is 30.9 Å². The van der Waals surface area contributed by atoms with Crippen molar-refractivity contribution in [1.82, 2.24) is 0 Å². The van der Waals surface area contributed by atoms with Gasteiger partial charge in [0.05, 0.1) is 6.10 Å². The van der Waals surface area contributed by atoms with Crippen molar-refractivity contribution in [2.24, 2.45) is 0 Å². The third kappa shape index (κ3) is 5.70. The van der Waals surface area contributed by atoms with Crippen LogP contribution in [0.4, 0.5) is 8.78 Å². The Morgan fingerprint density at radius 3 is 2.06 bits per heavy atom. The van der Waals surface area contributed by atoms with Gasteiger partial charge in [-0.3, -0.25) is 0 Å².